The molecule has 3 aliphatic rings. The lowest BCUT2D eigenvalue weighted by atomic mass is 9.46. The summed E-state index contributed by atoms with van der Waals surface area (Å²) in [5.74, 6) is -1.48. The van der Waals surface area contributed by atoms with Crippen molar-refractivity contribution < 1.29 is 22.7 Å². The van der Waals surface area contributed by atoms with Crippen LogP contribution in [0.1, 0.15) is 52.4 Å². The second-order valence-electron chi connectivity index (χ2n) is 8.19. The van der Waals surface area contributed by atoms with Crippen LogP contribution in [0.4, 0.5) is 13.2 Å². The van der Waals surface area contributed by atoms with Crippen molar-refractivity contribution >= 4 is 18.3 Å². The van der Waals surface area contributed by atoms with Gasteiger partial charge in [-0.1, -0.05) is 13.8 Å². The maximum absolute atomic E-state index is 12.9. The van der Waals surface area contributed by atoms with Crippen molar-refractivity contribution in [1.82, 2.24) is 5.32 Å². The zero-order valence-corrected chi connectivity index (χ0v) is 15.5. The molecule has 3 unspecified atom stereocenters. The molecule has 0 bridgehead atoms. The zero-order valence-electron chi connectivity index (χ0n) is 14.7. The van der Waals surface area contributed by atoms with Gasteiger partial charge in [-0.15, -0.1) is 12.4 Å². The third-order valence-corrected chi connectivity index (χ3v) is 6.59. The molecule has 0 aromatic rings. The normalized spacial score (nSPS) is 40.2. The van der Waals surface area contributed by atoms with E-state index in [1.54, 1.807) is 0 Å². The molecule has 3 rings (SSSR count). The number of ether oxygens (including phenoxy) is 1. The summed E-state index contributed by atoms with van der Waals surface area (Å²) in [6, 6.07) is -0.212. The van der Waals surface area contributed by atoms with Gasteiger partial charge in [0.25, 0.3) is 0 Å². The van der Waals surface area contributed by atoms with Crippen LogP contribution in [-0.2, 0) is 9.53 Å². The van der Waals surface area contributed by atoms with Crippen molar-refractivity contribution in [2.24, 2.45) is 23.0 Å². The van der Waals surface area contributed by atoms with Gasteiger partial charge in [-0.25, -0.2) is 0 Å². The number of carbonyl (C=O) groups is 1. The Morgan fingerprint density at radius 3 is 2.32 bits per heavy atom. The van der Waals surface area contributed by atoms with E-state index < -0.39 is 23.0 Å². The van der Waals surface area contributed by atoms with Crippen LogP contribution in [0.25, 0.3) is 0 Å². The van der Waals surface area contributed by atoms with Crippen molar-refractivity contribution in [2.75, 3.05) is 6.61 Å². The number of amides is 1. The van der Waals surface area contributed by atoms with Gasteiger partial charge < -0.3 is 15.8 Å². The third kappa shape index (κ3) is 3.28. The Balaban J connectivity index is 0.00000225. The van der Waals surface area contributed by atoms with Crippen LogP contribution < -0.4 is 11.1 Å². The van der Waals surface area contributed by atoms with Crippen molar-refractivity contribution in [3.63, 3.8) is 0 Å². The van der Waals surface area contributed by atoms with Crippen molar-refractivity contribution in [3.8, 4) is 0 Å². The Bertz CT molecular complexity index is 507. The third-order valence-electron chi connectivity index (χ3n) is 6.59. The van der Waals surface area contributed by atoms with Gasteiger partial charge in [0, 0.05) is 24.0 Å². The fourth-order valence-electron chi connectivity index (χ4n) is 4.91. The van der Waals surface area contributed by atoms with E-state index in [-0.39, 0.29) is 49.2 Å². The van der Waals surface area contributed by atoms with Crippen LogP contribution in [0.5, 0.6) is 0 Å². The lowest BCUT2D eigenvalue weighted by Gasteiger charge is -2.65. The van der Waals surface area contributed by atoms with Crippen LogP contribution in [0.15, 0.2) is 0 Å². The number of hydrogen-bond acceptors (Lipinski definition) is 3. The lowest BCUT2D eigenvalue weighted by molar-refractivity contribution is -0.225. The first-order valence-corrected chi connectivity index (χ1v) is 8.86. The van der Waals surface area contributed by atoms with Crippen molar-refractivity contribution in [2.45, 2.75) is 76.2 Å². The fraction of sp³-hybridized carbons (Fsp3) is 0.941. The predicted octanol–water partition coefficient (Wildman–Crippen LogP) is 3.18. The fourth-order valence-corrected chi connectivity index (χ4v) is 4.91. The summed E-state index contributed by atoms with van der Waals surface area (Å²) < 4.78 is 44.0. The van der Waals surface area contributed by atoms with Crippen LogP contribution in [0.2, 0.25) is 0 Å². The van der Waals surface area contributed by atoms with Gasteiger partial charge >= 0.3 is 6.18 Å². The number of halogens is 4. The van der Waals surface area contributed by atoms with E-state index in [1.807, 2.05) is 13.8 Å². The topological polar surface area (TPSA) is 64.3 Å². The first kappa shape index (κ1) is 20.8. The Kier molecular flexibility index (Phi) is 5.73. The van der Waals surface area contributed by atoms with Crippen molar-refractivity contribution in [3.05, 3.63) is 0 Å². The van der Waals surface area contributed by atoms with Crippen molar-refractivity contribution in [1.29, 1.82) is 0 Å². The van der Waals surface area contributed by atoms with Gasteiger partial charge in [-0.05, 0) is 38.5 Å². The van der Waals surface area contributed by atoms with Gasteiger partial charge in [-0.3, -0.25) is 4.79 Å². The summed E-state index contributed by atoms with van der Waals surface area (Å²) in [6.07, 6.45) is -1.53. The second-order valence-corrected chi connectivity index (χ2v) is 8.19. The van der Waals surface area contributed by atoms with Crippen LogP contribution in [-0.4, -0.2) is 36.4 Å². The highest BCUT2D eigenvalue weighted by molar-refractivity contribution is 5.89. The summed E-state index contributed by atoms with van der Waals surface area (Å²) in [6.45, 7) is 4.59. The van der Waals surface area contributed by atoms with Crippen LogP contribution >= 0.6 is 12.4 Å². The standard InChI is InChI=1S/C17H27F3N2O2.ClH/c1-15(2)13-12(4-3-9-24-13)16(15,21)14(23)22-11-7-5-10(6-8-11)17(18,19)20;/h10-13H,3-9,21H2,1-2H3,(H,22,23);1H. The van der Waals surface area contributed by atoms with Crippen LogP contribution in [0.3, 0.4) is 0 Å². The molecule has 1 amide bonds. The quantitative estimate of drug-likeness (QED) is 0.768. The number of nitrogens with one attached hydrogen (secondary N) is 1. The number of hydrogen-bond donors (Lipinski definition) is 2. The SMILES string of the molecule is CC1(C)C2OCCCC2C1(N)C(=O)NC1CCC(C(F)(F)F)CC1.Cl. The molecule has 2 saturated carbocycles. The minimum Gasteiger partial charge on any atom is -0.377 e. The number of rotatable bonds is 2. The van der Waals surface area contributed by atoms with Gasteiger partial charge in [-0.2, -0.15) is 13.2 Å². The summed E-state index contributed by atoms with van der Waals surface area (Å²) in [4.78, 5) is 12.9. The number of alkyl halides is 3. The monoisotopic (exact) mass is 384 g/mol. The van der Waals surface area contributed by atoms with E-state index >= 15 is 0 Å². The summed E-state index contributed by atoms with van der Waals surface area (Å²) >= 11 is 0. The van der Waals surface area contributed by atoms with E-state index in [9.17, 15) is 18.0 Å². The molecule has 25 heavy (non-hydrogen) atoms. The first-order valence-electron chi connectivity index (χ1n) is 8.86. The molecule has 1 heterocycles. The predicted molar refractivity (Wildman–Crippen MR) is 90.4 cm³/mol. The Morgan fingerprint density at radius 2 is 1.76 bits per heavy atom. The molecule has 4 nitrogen and oxygen atoms in total. The van der Waals surface area contributed by atoms with Gasteiger partial charge in [0.15, 0.2) is 0 Å². The zero-order chi connectivity index (χ0) is 17.8. The van der Waals surface area contributed by atoms with E-state index in [4.69, 9.17) is 10.5 Å². The minimum atomic E-state index is -4.13. The Hall–Kier alpha value is -0.530. The van der Waals surface area contributed by atoms with E-state index in [1.165, 1.54) is 0 Å². The highest BCUT2D eigenvalue weighted by atomic mass is 35.5. The number of carbonyl (C=O) groups excluding carboxylic acids is 1. The average Bonchev–Trinajstić information content (AvgIpc) is 2.53. The van der Waals surface area contributed by atoms with E-state index in [0.29, 0.717) is 19.4 Å². The van der Waals surface area contributed by atoms with Gasteiger partial charge in [0.1, 0.15) is 5.54 Å². The van der Waals surface area contributed by atoms with E-state index in [2.05, 4.69) is 5.32 Å². The maximum Gasteiger partial charge on any atom is 0.391 e. The van der Waals surface area contributed by atoms with Crippen LogP contribution in [0, 0.1) is 17.3 Å². The molecule has 3 fully saturated rings. The average molecular weight is 385 g/mol. The Labute approximate surface area is 152 Å². The highest BCUT2D eigenvalue weighted by Crippen LogP contribution is 2.57. The highest BCUT2D eigenvalue weighted by Gasteiger charge is 2.70. The molecule has 0 spiro atoms. The molecular weight excluding hydrogens is 357 g/mol. The smallest absolute Gasteiger partial charge is 0.377 e. The molecular formula is C17H28ClF3N2O2. The summed E-state index contributed by atoms with van der Waals surface area (Å²) in [5.41, 5.74) is 5.05. The molecule has 3 atom stereocenters. The second kappa shape index (κ2) is 6.89. The minimum absolute atomic E-state index is 0. The summed E-state index contributed by atoms with van der Waals surface area (Å²) in [5, 5.41) is 2.94. The first-order chi connectivity index (χ1) is 11.1. The largest absolute Gasteiger partial charge is 0.391 e. The molecule has 0 aromatic carbocycles. The van der Waals surface area contributed by atoms with Gasteiger partial charge in [0.2, 0.25) is 5.91 Å². The van der Waals surface area contributed by atoms with E-state index in [0.717, 1.165) is 12.8 Å². The molecule has 1 saturated heterocycles. The molecule has 1 aliphatic heterocycles. The molecule has 3 N–H and O–H groups in total. The molecule has 146 valence electrons. The maximum atomic E-state index is 12.9. The molecule has 0 aromatic heterocycles. The molecule has 0 radical (unpaired) electrons. The summed E-state index contributed by atoms with van der Waals surface area (Å²) in [7, 11) is 0. The lowest BCUT2D eigenvalue weighted by Crippen LogP contribution is -2.82. The number of fused-ring (bicyclic) bond motifs is 1. The molecule has 2 aliphatic carbocycles. The Morgan fingerprint density at radius 1 is 1.16 bits per heavy atom. The number of nitrogens with two attached hydrogens (primary N) is 1. The molecule has 8 heteroatoms. The van der Waals surface area contributed by atoms with Gasteiger partial charge in [0.05, 0.1) is 12.0 Å².